The van der Waals surface area contributed by atoms with Crippen molar-refractivity contribution in [3.8, 4) is 5.75 Å². The maximum atomic E-state index is 12.4. The molecule has 24 heavy (non-hydrogen) atoms. The molecule has 0 saturated carbocycles. The van der Waals surface area contributed by atoms with E-state index in [4.69, 9.17) is 11.6 Å². The van der Waals surface area contributed by atoms with Crippen molar-refractivity contribution >= 4 is 21.6 Å². The number of ether oxygens (including phenoxy) is 1. The summed E-state index contributed by atoms with van der Waals surface area (Å²) in [5, 5.41) is 0.340. The van der Waals surface area contributed by atoms with Crippen molar-refractivity contribution in [2.24, 2.45) is 0 Å². The number of hydrogen-bond acceptors (Lipinski definition) is 3. The molecule has 0 radical (unpaired) electrons. The zero-order valence-corrected chi connectivity index (χ0v) is 13.9. The topological polar surface area (TPSA) is 55.4 Å². The molecule has 0 fully saturated rings. The summed E-state index contributed by atoms with van der Waals surface area (Å²) in [4.78, 5) is -0.610. The van der Waals surface area contributed by atoms with Gasteiger partial charge in [0.05, 0.1) is 0 Å². The number of sulfonamides is 1. The molecule has 0 aromatic heterocycles. The number of hydrogen-bond donors (Lipinski definition) is 1. The highest BCUT2D eigenvalue weighted by Crippen LogP contribution is 2.31. The molecule has 2 aromatic rings. The Bertz CT molecular complexity index is 825. The minimum atomic E-state index is -5.00. The Morgan fingerprint density at radius 2 is 1.67 bits per heavy atom. The summed E-state index contributed by atoms with van der Waals surface area (Å²) >= 11 is 6.00. The molecule has 0 amide bonds. The van der Waals surface area contributed by atoms with E-state index in [0.29, 0.717) is 10.6 Å². The maximum absolute atomic E-state index is 12.4. The first kappa shape index (κ1) is 18.6. The molecule has 0 spiro atoms. The van der Waals surface area contributed by atoms with Crippen LogP contribution in [0.1, 0.15) is 18.5 Å². The van der Waals surface area contributed by atoms with Crippen LogP contribution < -0.4 is 9.46 Å². The lowest BCUT2D eigenvalue weighted by Crippen LogP contribution is -2.28. The van der Waals surface area contributed by atoms with E-state index in [-0.39, 0.29) is 0 Å². The van der Waals surface area contributed by atoms with Crippen molar-refractivity contribution in [1.29, 1.82) is 0 Å². The molecule has 0 saturated heterocycles. The summed E-state index contributed by atoms with van der Waals surface area (Å²) < 4.78 is 68.3. The number of nitrogens with one attached hydrogen (secondary N) is 1. The van der Waals surface area contributed by atoms with E-state index in [1.807, 2.05) is 0 Å². The van der Waals surface area contributed by atoms with Crippen LogP contribution in [-0.2, 0) is 10.0 Å². The first-order valence-electron chi connectivity index (χ1n) is 6.72. The van der Waals surface area contributed by atoms with Crippen molar-refractivity contribution in [2.45, 2.75) is 24.2 Å². The summed E-state index contributed by atoms with van der Waals surface area (Å²) in [6.07, 6.45) is -5.00. The minimum absolute atomic E-state index is 0.340. The summed E-state index contributed by atoms with van der Waals surface area (Å²) in [7, 11) is -4.26. The van der Waals surface area contributed by atoms with Crippen molar-refractivity contribution in [1.82, 2.24) is 4.72 Å². The molecule has 0 heterocycles. The fourth-order valence-electron chi connectivity index (χ4n) is 2.07. The highest BCUT2D eigenvalue weighted by Gasteiger charge is 2.34. The van der Waals surface area contributed by atoms with Crippen LogP contribution in [0.15, 0.2) is 53.4 Å². The van der Waals surface area contributed by atoms with Gasteiger partial charge in [-0.2, -0.15) is 0 Å². The van der Waals surface area contributed by atoms with Crippen LogP contribution in [0.4, 0.5) is 13.2 Å². The Hall–Kier alpha value is -1.77. The normalized spacial score (nSPS) is 13.5. The van der Waals surface area contributed by atoms with E-state index in [9.17, 15) is 21.6 Å². The van der Waals surface area contributed by atoms with Gasteiger partial charge in [0.1, 0.15) is 10.6 Å². The zero-order valence-electron chi connectivity index (χ0n) is 12.3. The van der Waals surface area contributed by atoms with Crippen LogP contribution in [0.3, 0.4) is 0 Å². The molecule has 1 atom stereocenters. The summed E-state index contributed by atoms with van der Waals surface area (Å²) in [6, 6.07) is 10.3. The Balaban J connectivity index is 2.33. The second kappa shape index (κ2) is 7.00. The fraction of sp³-hybridized carbons (Fsp3) is 0.200. The van der Waals surface area contributed by atoms with E-state index in [1.165, 1.54) is 19.1 Å². The molecular formula is C15H13ClF3NO3S. The lowest BCUT2D eigenvalue weighted by Gasteiger charge is -2.18. The Morgan fingerprint density at radius 3 is 2.29 bits per heavy atom. The van der Waals surface area contributed by atoms with Gasteiger partial charge in [-0.15, -0.1) is 13.2 Å². The lowest BCUT2D eigenvalue weighted by molar-refractivity contribution is -0.275. The number of para-hydroxylation sites is 1. The molecule has 0 aliphatic rings. The summed E-state index contributed by atoms with van der Waals surface area (Å²) in [5.74, 6) is -0.802. The Morgan fingerprint density at radius 1 is 1.08 bits per heavy atom. The second-order valence-electron chi connectivity index (χ2n) is 4.86. The quantitative estimate of drug-likeness (QED) is 0.843. The molecule has 4 nitrogen and oxygen atoms in total. The molecule has 1 N–H and O–H groups in total. The average Bonchev–Trinajstić information content (AvgIpc) is 2.45. The molecule has 1 unspecified atom stereocenters. The summed E-state index contributed by atoms with van der Waals surface area (Å²) in [6.45, 7) is 1.53. The van der Waals surface area contributed by atoms with Crippen LogP contribution >= 0.6 is 11.6 Å². The Labute approximate surface area is 142 Å². The van der Waals surface area contributed by atoms with Crippen molar-refractivity contribution < 1.29 is 26.3 Å². The van der Waals surface area contributed by atoms with Crippen molar-refractivity contribution in [3.05, 3.63) is 59.1 Å². The lowest BCUT2D eigenvalue weighted by atomic mass is 10.1. The molecule has 130 valence electrons. The van der Waals surface area contributed by atoms with Gasteiger partial charge in [0, 0.05) is 11.1 Å². The van der Waals surface area contributed by atoms with E-state index >= 15 is 0 Å². The first-order chi connectivity index (χ1) is 11.1. The standard InChI is InChI=1S/C15H13ClF3NO3S/c1-10(11-6-2-3-7-12(11)16)20-24(21,22)14-9-5-4-8-13(14)23-15(17,18)19/h2-10,20H,1H3. The third kappa shape index (κ3) is 4.62. The van der Waals surface area contributed by atoms with Gasteiger partial charge in [0.25, 0.3) is 0 Å². The van der Waals surface area contributed by atoms with Crippen LogP contribution in [0, 0.1) is 0 Å². The van der Waals surface area contributed by atoms with Crippen LogP contribution in [-0.4, -0.2) is 14.8 Å². The summed E-state index contributed by atoms with van der Waals surface area (Å²) in [5.41, 5.74) is 0.497. The van der Waals surface area contributed by atoms with Gasteiger partial charge in [-0.25, -0.2) is 13.1 Å². The third-order valence-electron chi connectivity index (χ3n) is 3.07. The van der Waals surface area contributed by atoms with Crippen molar-refractivity contribution in [3.63, 3.8) is 0 Å². The monoisotopic (exact) mass is 379 g/mol. The molecule has 2 rings (SSSR count). The van der Waals surface area contributed by atoms with Gasteiger partial charge in [0.15, 0.2) is 0 Å². The van der Waals surface area contributed by atoms with E-state index in [0.717, 1.165) is 12.1 Å². The molecular weight excluding hydrogens is 367 g/mol. The number of rotatable bonds is 5. The Kier molecular flexibility index (Phi) is 5.42. The SMILES string of the molecule is CC(NS(=O)(=O)c1ccccc1OC(F)(F)F)c1ccccc1Cl. The van der Waals surface area contributed by atoms with E-state index < -0.39 is 33.1 Å². The molecule has 0 aliphatic heterocycles. The third-order valence-corrected chi connectivity index (χ3v) is 4.99. The minimum Gasteiger partial charge on any atom is -0.404 e. The van der Waals surface area contributed by atoms with E-state index in [2.05, 4.69) is 9.46 Å². The van der Waals surface area contributed by atoms with Crippen LogP contribution in [0.2, 0.25) is 5.02 Å². The predicted molar refractivity (Wildman–Crippen MR) is 83.3 cm³/mol. The smallest absolute Gasteiger partial charge is 0.404 e. The number of benzene rings is 2. The molecule has 2 aromatic carbocycles. The first-order valence-corrected chi connectivity index (χ1v) is 8.58. The number of alkyl halides is 3. The van der Waals surface area contributed by atoms with Gasteiger partial charge >= 0.3 is 6.36 Å². The van der Waals surface area contributed by atoms with Crippen molar-refractivity contribution in [2.75, 3.05) is 0 Å². The molecule has 0 bridgehead atoms. The van der Waals surface area contributed by atoms with E-state index in [1.54, 1.807) is 24.3 Å². The van der Waals surface area contributed by atoms with Gasteiger partial charge in [0.2, 0.25) is 10.0 Å². The predicted octanol–water partition coefficient (Wildman–Crippen LogP) is 4.28. The molecule has 9 heteroatoms. The largest absolute Gasteiger partial charge is 0.573 e. The maximum Gasteiger partial charge on any atom is 0.573 e. The highest BCUT2D eigenvalue weighted by atomic mass is 35.5. The fourth-order valence-corrected chi connectivity index (χ4v) is 3.72. The molecule has 0 aliphatic carbocycles. The van der Waals surface area contributed by atoms with Gasteiger partial charge in [-0.1, -0.05) is 41.9 Å². The number of halogens is 4. The van der Waals surface area contributed by atoms with Crippen LogP contribution in [0.5, 0.6) is 5.75 Å². The van der Waals surface area contributed by atoms with Crippen LogP contribution in [0.25, 0.3) is 0 Å². The van der Waals surface area contributed by atoms with Gasteiger partial charge in [-0.3, -0.25) is 0 Å². The van der Waals surface area contributed by atoms with Gasteiger partial charge in [-0.05, 0) is 30.7 Å². The second-order valence-corrected chi connectivity index (χ2v) is 6.95. The highest BCUT2D eigenvalue weighted by molar-refractivity contribution is 7.89. The zero-order chi connectivity index (χ0) is 18.0. The average molecular weight is 380 g/mol. The van der Waals surface area contributed by atoms with Gasteiger partial charge < -0.3 is 4.74 Å².